The van der Waals surface area contributed by atoms with Crippen molar-refractivity contribution in [2.24, 2.45) is 4.99 Å². The van der Waals surface area contributed by atoms with E-state index < -0.39 is 0 Å². The maximum Gasteiger partial charge on any atom is 0.141 e. The Morgan fingerprint density at radius 1 is 1.08 bits per heavy atom. The summed E-state index contributed by atoms with van der Waals surface area (Å²) in [6.07, 6.45) is 3.37. The van der Waals surface area contributed by atoms with Crippen molar-refractivity contribution in [3.05, 3.63) is 65.4 Å². The van der Waals surface area contributed by atoms with Gasteiger partial charge >= 0.3 is 0 Å². The number of anilines is 2. The van der Waals surface area contributed by atoms with Crippen LogP contribution in [0, 0.1) is 20.8 Å². The van der Waals surface area contributed by atoms with Crippen LogP contribution < -0.4 is 15.4 Å². The third-order valence-electron chi connectivity index (χ3n) is 6.32. The predicted octanol–water partition coefficient (Wildman–Crippen LogP) is 4.97. The lowest BCUT2D eigenvalue weighted by Crippen LogP contribution is -2.27. The van der Waals surface area contributed by atoms with Crippen molar-refractivity contribution < 1.29 is 9.26 Å². The monoisotopic (exact) mass is 482 g/mol. The molecule has 0 amide bonds. The van der Waals surface area contributed by atoms with Gasteiger partial charge < -0.3 is 24.9 Å². The number of aromatic nitrogens is 5. The molecule has 3 N–H and O–H groups in total. The number of nitrogens with zero attached hydrogens (tertiary/aromatic N) is 5. The standard InChI is InChI=1S/C26H26N8O2/c1-13-10-22(34(32-13)17-6-8-27-9-7-17)31-26-24-18-12-21(35-5)19(23-14(2)33-36-15(23)3)11-20(18)30-25(24)28-16(4)29-26/h6-12,16,28,30H,1-5H3,(H,29,31). The molecule has 1 atom stereocenters. The molecule has 1 aliphatic heterocycles. The summed E-state index contributed by atoms with van der Waals surface area (Å²) >= 11 is 0. The molecule has 5 aromatic rings. The fraction of sp³-hybridized carbons (Fsp3) is 0.231. The molecule has 0 spiro atoms. The minimum Gasteiger partial charge on any atom is -0.496 e. The van der Waals surface area contributed by atoms with E-state index in [0.717, 1.165) is 73.6 Å². The molecule has 1 unspecified atom stereocenters. The van der Waals surface area contributed by atoms with Crippen LogP contribution in [-0.4, -0.2) is 44.0 Å². The summed E-state index contributed by atoms with van der Waals surface area (Å²) in [5.41, 5.74) is 6.36. The van der Waals surface area contributed by atoms with Gasteiger partial charge in [0.2, 0.25) is 0 Å². The van der Waals surface area contributed by atoms with Gasteiger partial charge in [-0.3, -0.25) is 4.98 Å². The molecule has 0 saturated carbocycles. The third kappa shape index (κ3) is 3.49. The number of hydrogen-bond acceptors (Lipinski definition) is 8. The van der Waals surface area contributed by atoms with Crippen molar-refractivity contribution in [1.82, 2.24) is 24.9 Å². The Morgan fingerprint density at radius 2 is 1.89 bits per heavy atom. The maximum absolute atomic E-state index is 5.82. The van der Waals surface area contributed by atoms with Crippen LogP contribution in [0.2, 0.25) is 0 Å². The van der Waals surface area contributed by atoms with Crippen LogP contribution in [0.3, 0.4) is 0 Å². The topological polar surface area (TPSA) is 118 Å². The smallest absolute Gasteiger partial charge is 0.141 e. The molecule has 182 valence electrons. The molecule has 1 aromatic carbocycles. The number of hydrogen-bond donors (Lipinski definition) is 3. The molecule has 36 heavy (non-hydrogen) atoms. The van der Waals surface area contributed by atoms with Gasteiger partial charge in [0.15, 0.2) is 0 Å². The van der Waals surface area contributed by atoms with Gasteiger partial charge in [0.1, 0.15) is 35.1 Å². The van der Waals surface area contributed by atoms with Gasteiger partial charge in [0.05, 0.1) is 35.3 Å². The van der Waals surface area contributed by atoms with E-state index in [1.165, 1.54) is 0 Å². The lowest BCUT2D eigenvalue weighted by molar-refractivity contribution is 0.393. The van der Waals surface area contributed by atoms with Crippen LogP contribution in [0.15, 0.2) is 52.2 Å². The molecule has 0 aliphatic carbocycles. The normalized spacial score (nSPS) is 14.9. The number of aryl methyl sites for hydroxylation is 3. The summed E-state index contributed by atoms with van der Waals surface area (Å²) < 4.78 is 13.1. The second-order valence-corrected chi connectivity index (χ2v) is 8.88. The lowest BCUT2D eigenvalue weighted by Gasteiger charge is -2.21. The van der Waals surface area contributed by atoms with Crippen LogP contribution in [0.5, 0.6) is 5.75 Å². The van der Waals surface area contributed by atoms with Crippen LogP contribution in [0.4, 0.5) is 11.6 Å². The van der Waals surface area contributed by atoms with E-state index in [4.69, 9.17) is 14.3 Å². The number of amidine groups is 1. The highest BCUT2D eigenvalue weighted by molar-refractivity contribution is 6.20. The Labute approximate surface area is 207 Å². The summed E-state index contributed by atoms with van der Waals surface area (Å²) in [5, 5.41) is 16.8. The quantitative estimate of drug-likeness (QED) is 0.331. The van der Waals surface area contributed by atoms with Crippen LogP contribution in [0.25, 0.3) is 27.7 Å². The Bertz CT molecular complexity index is 1610. The van der Waals surface area contributed by atoms with Crippen molar-refractivity contribution in [3.8, 4) is 22.6 Å². The van der Waals surface area contributed by atoms with Gasteiger partial charge in [0, 0.05) is 34.9 Å². The zero-order chi connectivity index (χ0) is 25.0. The van der Waals surface area contributed by atoms with Gasteiger partial charge in [0.25, 0.3) is 0 Å². The first-order valence-electron chi connectivity index (χ1n) is 11.7. The van der Waals surface area contributed by atoms with E-state index in [0.29, 0.717) is 0 Å². The van der Waals surface area contributed by atoms with Gasteiger partial charge in [-0.15, -0.1) is 0 Å². The zero-order valence-corrected chi connectivity index (χ0v) is 20.7. The molecule has 6 rings (SSSR count). The molecular formula is C26H26N8O2. The zero-order valence-electron chi connectivity index (χ0n) is 20.7. The summed E-state index contributed by atoms with van der Waals surface area (Å²) in [7, 11) is 1.67. The van der Waals surface area contributed by atoms with Crippen LogP contribution >= 0.6 is 0 Å². The van der Waals surface area contributed by atoms with Crippen LogP contribution in [0.1, 0.15) is 29.6 Å². The molecule has 4 aromatic heterocycles. The molecule has 0 radical (unpaired) electrons. The van der Waals surface area contributed by atoms with Gasteiger partial charge in [-0.05, 0) is 52.0 Å². The molecule has 10 nitrogen and oxygen atoms in total. The van der Waals surface area contributed by atoms with Crippen molar-refractivity contribution >= 4 is 28.4 Å². The Kier molecular flexibility index (Phi) is 5.03. The van der Waals surface area contributed by atoms with E-state index in [1.807, 2.05) is 56.6 Å². The minimum atomic E-state index is -0.129. The predicted molar refractivity (Wildman–Crippen MR) is 139 cm³/mol. The average molecular weight is 483 g/mol. The number of H-pyrrole nitrogens is 1. The Morgan fingerprint density at radius 3 is 2.61 bits per heavy atom. The largest absolute Gasteiger partial charge is 0.496 e. The van der Waals surface area contributed by atoms with Crippen molar-refractivity contribution in [2.45, 2.75) is 33.9 Å². The molecule has 10 heteroatoms. The number of pyridine rings is 1. The summed E-state index contributed by atoms with van der Waals surface area (Å²) in [4.78, 5) is 12.6. The average Bonchev–Trinajstić information content (AvgIpc) is 3.52. The number of ether oxygens (including phenoxy) is 1. The molecule has 0 bridgehead atoms. The number of benzene rings is 1. The lowest BCUT2D eigenvalue weighted by atomic mass is 10.00. The highest BCUT2D eigenvalue weighted by atomic mass is 16.5. The summed E-state index contributed by atoms with van der Waals surface area (Å²) in [6.45, 7) is 7.82. The van der Waals surface area contributed by atoms with Crippen molar-refractivity contribution in [2.75, 3.05) is 17.7 Å². The first-order chi connectivity index (χ1) is 17.4. The van der Waals surface area contributed by atoms with E-state index >= 15 is 0 Å². The summed E-state index contributed by atoms with van der Waals surface area (Å²) in [5.74, 6) is 3.92. The van der Waals surface area contributed by atoms with Crippen LogP contribution in [-0.2, 0) is 0 Å². The van der Waals surface area contributed by atoms with E-state index in [2.05, 4.69) is 36.9 Å². The van der Waals surface area contributed by atoms with E-state index in [-0.39, 0.29) is 6.17 Å². The number of aromatic amines is 1. The molecular weight excluding hydrogens is 456 g/mol. The molecule has 0 fully saturated rings. The molecule has 0 saturated heterocycles. The van der Waals surface area contributed by atoms with Crippen molar-refractivity contribution in [1.29, 1.82) is 0 Å². The first kappa shape index (κ1) is 21.9. The van der Waals surface area contributed by atoms with Gasteiger partial charge in [-0.1, -0.05) is 5.16 Å². The number of rotatable bonds is 4. The Balaban J connectivity index is 1.48. The number of fused-ring (bicyclic) bond motifs is 3. The van der Waals surface area contributed by atoms with E-state index in [9.17, 15) is 0 Å². The summed E-state index contributed by atoms with van der Waals surface area (Å²) in [6, 6.07) is 9.95. The fourth-order valence-electron chi connectivity index (χ4n) is 4.79. The Hall–Kier alpha value is -4.60. The maximum atomic E-state index is 5.82. The SMILES string of the molecule is COc1cc2c3c([nH]c2cc1-c1c(C)noc1C)NC(C)N=C3Nc1cc(C)nn1-c1ccncc1. The van der Waals surface area contributed by atoms with Gasteiger partial charge in [-0.2, -0.15) is 5.10 Å². The van der Waals surface area contributed by atoms with Gasteiger partial charge in [-0.25, -0.2) is 9.67 Å². The second kappa shape index (κ2) is 8.26. The number of aliphatic imine (C=N–C) groups is 1. The number of nitrogens with one attached hydrogen (secondary N) is 3. The second-order valence-electron chi connectivity index (χ2n) is 8.88. The molecule has 5 heterocycles. The fourth-order valence-corrected chi connectivity index (χ4v) is 4.79. The third-order valence-corrected chi connectivity index (χ3v) is 6.32. The van der Waals surface area contributed by atoms with E-state index in [1.54, 1.807) is 19.5 Å². The minimum absolute atomic E-state index is 0.129. The molecule has 1 aliphatic rings. The highest BCUT2D eigenvalue weighted by Crippen LogP contribution is 2.41. The highest BCUT2D eigenvalue weighted by Gasteiger charge is 2.26. The number of methoxy groups -OCH3 is 1. The first-order valence-corrected chi connectivity index (χ1v) is 11.7. The van der Waals surface area contributed by atoms with Crippen molar-refractivity contribution in [3.63, 3.8) is 0 Å².